The first-order valence-electron chi connectivity index (χ1n) is 8.78. The second-order valence-electron chi connectivity index (χ2n) is 6.35. The number of rotatable bonds is 5. The molecule has 27 heavy (non-hydrogen) atoms. The van der Waals surface area contributed by atoms with Crippen molar-refractivity contribution in [2.75, 3.05) is 18.0 Å². The lowest BCUT2D eigenvalue weighted by atomic mass is 10.1. The minimum atomic E-state index is -0.656. The topological polar surface area (TPSA) is 96.5 Å². The van der Waals surface area contributed by atoms with Crippen molar-refractivity contribution >= 4 is 17.3 Å². The number of nitrogens with zero attached hydrogens (tertiary/aromatic N) is 3. The third-order valence-corrected chi connectivity index (χ3v) is 4.60. The van der Waals surface area contributed by atoms with Crippen LogP contribution in [-0.2, 0) is 11.3 Å². The summed E-state index contributed by atoms with van der Waals surface area (Å²) in [5.74, 6) is -0.656. The van der Waals surface area contributed by atoms with Gasteiger partial charge < -0.3 is 9.64 Å². The first-order valence-corrected chi connectivity index (χ1v) is 8.78. The molecule has 2 aromatic rings. The molecule has 1 aliphatic rings. The summed E-state index contributed by atoms with van der Waals surface area (Å²) in [6.45, 7) is 1.48. The fourth-order valence-electron chi connectivity index (χ4n) is 3.18. The minimum absolute atomic E-state index is 0.0652. The molecule has 1 saturated heterocycles. The smallest absolute Gasteiger partial charge is 0.338 e. The lowest BCUT2D eigenvalue weighted by Gasteiger charge is -2.28. The lowest BCUT2D eigenvalue weighted by molar-refractivity contribution is -0.384. The molecule has 0 N–H and O–H groups in total. The summed E-state index contributed by atoms with van der Waals surface area (Å²) >= 11 is 0. The van der Waals surface area contributed by atoms with E-state index in [1.165, 1.54) is 6.07 Å². The third kappa shape index (κ3) is 4.23. The summed E-state index contributed by atoms with van der Waals surface area (Å²) < 4.78 is 5.25. The molecule has 0 radical (unpaired) electrons. The number of ether oxygens (including phenoxy) is 1. The van der Waals surface area contributed by atoms with Crippen LogP contribution in [0.2, 0.25) is 0 Å². The molecule has 0 aliphatic carbocycles. The Bertz CT molecular complexity index is 898. The fraction of sp³-hybridized carbons (Fsp3) is 0.300. The molecule has 2 aromatic carbocycles. The second kappa shape index (κ2) is 8.32. The fourth-order valence-corrected chi connectivity index (χ4v) is 3.18. The maximum atomic E-state index is 12.3. The van der Waals surface area contributed by atoms with Crippen molar-refractivity contribution in [3.05, 3.63) is 69.3 Å². The van der Waals surface area contributed by atoms with E-state index in [9.17, 15) is 14.9 Å². The highest BCUT2D eigenvalue weighted by molar-refractivity contribution is 5.91. The number of hydrogen-bond donors (Lipinski definition) is 0. The number of hydrogen-bond acceptors (Lipinski definition) is 6. The first-order chi connectivity index (χ1) is 13.1. The van der Waals surface area contributed by atoms with E-state index in [1.807, 2.05) is 11.0 Å². The van der Waals surface area contributed by atoms with Crippen LogP contribution in [0.25, 0.3) is 0 Å². The van der Waals surface area contributed by atoms with Gasteiger partial charge in [0.1, 0.15) is 12.3 Å². The first kappa shape index (κ1) is 18.4. The highest BCUT2D eigenvalue weighted by Crippen LogP contribution is 2.31. The van der Waals surface area contributed by atoms with Crippen molar-refractivity contribution in [3.63, 3.8) is 0 Å². The Morgan fingerprint density at radius 1 is 1.19 bits per heavy atom. The van der Waals surface area contributed by atoms with E-state index < -0.39 is 10.9 Å². The molecule has 0 spiro atoms. The molecule has 3 rings (SSSR count). The van der Waals surface area contributed by atoms with Gasteiger partial charge in [0.15, 0.2) is 0 Å². The Morgan fingerprint density at radius 3 is 2.63 bits per heavy atom. The van der Waals surface area contributed by atoms with E-state index in [1.54, 1.807) is 36.4 Å². The van der Waals surface area contributed by atoms with E-state index in [0.29, 0.717) is 16.8 Å². The van der Waals surface area contributed by atoms with Gasteiger partial charge in [-0.05, 0) is 37.5 Å². The summed E-state index contributed by atoms with van der Waals surface area (Å²) in [6.07, 6.45) is 3.12. The highest BCUT2D eigenvalue weighted by Gasteiger charge is 2.23. The molecule has 0 atom stereocenters. The average Bonchev–Trinajstić information content (AvgIpc) is 2.72. The van der Waals surface area contributed by atoms with Crippen LogP contribution in [-0.4, -0.2) is 24.0 Å². The van der Waals surface area contributed by atoms with E-state index in [0.717, 1.165) is 32.4 Å². The quantitative estimate of drug-likeness (QED) is 0.454. The number of piperidine rings is 1. The Balaban J connectivity index is 1.78. The average molecular weight is 365 g/mol. The van der Waals surface area contributed by atoms with Crippen LogP contribution in [0.5, 0.6) is 0 Å². The van der Waals surface area contributed by atoms with Gasteiger partial charge in [0.05, 0.1) is 22.1 Å². The van der Waals surface area contributed by atoms with Gasteiger partial charge in [-0.2, -0.15) is 5.26 Å². The highest BCUT2D eigenvalue weighted by atomic mass is 16.6. The van der Waals surface area contributed by atoms with Crippen molar-refractivity contribution < 1.29 is 14.5 Å². The predicted octanol–water partition coefficient (Wildman–Crippen LogP) is 3.81. The van der Waals surface area contributed by atoms with Crippen LogP contribution < -0.4 is 4.90 Å². The Hall–Kier alpha value is -3.40. The number of nitro benzene ring substituents is 1. The summed E-state index contributed by atoms with van der Waals surface area (Å²) in [5, 5.41) is 20.6. The van der Waals surface area contributed by atoms with Gasteiger partial charge in [0.25, 0.3) is 5.69 Å². The van der Waals surface area contributed by atoms with Crippen molar-refractivity contribution in [3.8, 4) is 6.07 Å². The molecule has 7 nitrogen and oxygen atoms in total. The molecule has 138 valence electrons. The Labute approximate surface area is 156 Å². The monoisotopic (exact) mass is 365 g/mol. The Morgan fingerprint density at radius 2 is 1.93 bits per heavy atom. The SMILES string of the molecule is N#Cc1ccccc1COC(=O)c1ccc(N2CCCCC2)c([N+](=O)[O-])c1. The number of nitriles is 1. The van der Waals surface area contributed by atoms with Gasteiger partial charge >= 0.3 is 5.97 Å². The van der Waals surface area contributed by atoms with Crippen LogP contribution in [0.3, 0.4) is 0 Å². The molecular formula is C20H19N3O4. The van der Waals surface area contributed by atoms with Crippen LogP contribution in [0, 0.1) is 21.4 Å². The molecule has 1 aliphatic heterocycles. The molecule has 0 bridgehead atoms. The number of anilines is 1. The summed E-state index contributed by atoms with van der Waals surface area (Å²) in [5.41, 5.74) is 1.58. The van der Waals surface area contributed by atoms with Crippen molar-refractivity contribution in [2.45, 2.75) is 25.9 Å². The molecular weight excluding hydrogens is 346 g/mol. The zero-order chi connectivity index (χ0) is 19.2. The molecule has 1 heterocycles. The van der Waals surface area contributed by atoms with Crippen LogP contribution >= 0.6 is 0 Å². The Kier molecular flexibility index (Phi) is 5.67. The number of benzene rings is 2. The van der Waals surface area contributed by atoms with Gasteiger partial charge in [-0.15, -0.1) is 0 Å². The van der Waals surface area contributed by atoms with E-state index in [-0.39, 0.29) is 17.9 Å². The van der Waals surface area contributed by atoms with Gasteiger partial charge in [-0.3, -0.25) is 10.1 Å². The second-order valence-corrected chi connectivity index (χ2v) is 6.35. The van der Waals surface area contributed by atoms with Crippen LogP contribution in [0.1, 0.15) is 40.7 Å². The molecule has 1 fully saturated rings. The zero-order valence-electron chi connectivity index (χ0n) is 14.8. The molecule has 0 amide bonds. The number of nitro groups is 1. The number of carbonyl (C=O) groups excluding carboxylic acids is 1. The maximum absolute atomic E-state index is 12.3. The summed E-state index contributed by atoms with van der Waals surface area (Å²) in [6, 6.07) is 13.3. The summed E-state index contributed by atoms with van der Waals surface area (Å²) in [4.78, 5) is 25.4. The molecule has 0 saturated carbocycles. The van der Waals surface area contributed by atoms with Crippen molar-refractivity contribution in [2.24, 2.45) is 0 Å². The van der Waals surface area contributed by atoms with Gasteiger partial charge in [-0.25, -0.2) is 4.79 Å². The van der Waals surface area contributed by atoms with Crippen molar-refractivity contribution in [1.29, 1.82) is 5.26 Å². The van der Waals surface area contributed by atoms with E-state index >= 15 is 0 Å². The van der Waals surface area contributed by atoms with Crippen LogP contribution in [0.4, 0.5) is 11.4 Å². The van der Waals surface area contributed by atoms with Gasteiger partial charge in [0, 0.05) is 24.7 Å². The molecule has 0 aromatic heterocycles. The van der Waals surface area contributed by atoms with Gasteiger partial charge in [0.2, 0.25) is 0 Å². The standard InChI is InChI=1S/C20H19N3O4/c21-13-16-6-2-3-7-17(16)14-27-20(24)15-8-9-18(19(12-15)23(25)26)22-10-4-1-5-11-22/h2-3,6-9,12H,1,4-5,10-11,14H2. The van der Waals surface area contributed by atoms with E-state index in [2.05, 4.69) is 0 Å². The van der Waals surface area contributed by atoms with Crippen LogP contribution in [0.15, 0.2) is 42.5 Å². The molecule has 0 unspecified atom stereocenters. The minimum Gasteiger partial charge on any atom is -0.457 e. The lowest BCUT2D eigenvalue weighted by Crippen LogP contribution is -2.30. The number of esters is 1. The van der Waals surface area contributed by atoms with Crippen molar-refractivity contribution in [1.82, 2.24) is 0 Å². The maximum Gasteiger partial charge on any atom is 0.338 e. The largest absolute Gasteiger partial charge is 0.457 e. The normalized spacial score (nSPS) is 13.7. The molecule has 7 heteroatoms. The van der Waals surface area contributed by atoms with Gasteiger partial charge in [-0.1, -0.05) is 18.2 Å². The predicted molar refractivity (Wildman–Crippen MR) is 99.4 cm³/mol. The third-order valence-electron chi connectivity index (χ3n) is 4.60. The summed E-state index contributed by atoms with van der Waals surface area (Å²) in [7, 11) is 0. The van der Waals surface area contributed by atoms with E-state index in [4.69, 9.17) is 10.00 Å². The number of carbonyl (C=O) groups is 1. The zero-order valence-corrected chi connectivity index (χ0v) is 14.8.